The zero-order valence-corrected chi connectivity index (χ0v) is 21.1. The highest BCUT2D eigenvalue weighted by molar-refractivity contribution is 5.87. The lowest BCUT2D eigenvalue weighted by Crippen LogP contribution is -2.58. The first-order valence-electron chi connectivity index (χ1n) is 12.9. The van der Waals surface area contributed by atoms with Crippen LogP contribution in [0.5, 0.6) is 0 Å². The van der Waals surface area contributed by atoms with Crippen LogP contribution in [0.4, 0.5) is 0 Å². The highest BCUT2D eigenvalue weighted by atomic mass is 16.3. The van der Waals surface area contributed by atoms with Crippen molar-refractivity contribution in [3.8, 4) is 0 Å². The Morgan fingerprint density at radius 2 is 1.73 bits per heavy atom. The second-order valence-corrected chi connectivity index (χ2v) is 11.9. The van der Waals surface area contributed by atoms with E-state index in [1.807, 2.05) is 35.2 Å². The maximum absolute atomic E-state index is 13.8. The molecule has 3 aliphatic rings. The molecule has 2 aliphatic carbocycles. The van der Waals surface area contributed by atoms with Gasteiger partial charge in [0.2, 0.25) is 0 Å². The number of allylic oxidation sites excluding steroid dienone is 3. The van der Waals surface area contributed by atoms with E-state index in [9.17, 15) is 9.90 Å². The quantitative estimate of drug-likeness (QED) is 0.615. The SMILES string of the molecule is CC1(C)C=CC=C(C[N+](C)(C)C2CCN(C(=O)C(O)(c3ccccc3)C3CCCC3)CC2)C1. The number of likely N-dealkylation sites (tertiary alicyclic amines) is 1. The van der Waals surface area contributed by atoms with Crippen LogP contribution in [0.3, 0.4) is 0 Å². The van der Waals surface area contributed by atoms with Gasteiger partial charge in [0.05, 0.1) is 20.1 Å². The zero-order chi connectivity index (χ0) is 23.7. The predicted octanol–water partition coefficient (Wildman–Crippen LogP) is 5.04. The van der Waals surface area contributed by atoms with Crippen molar-refractivity contribution in [3.05, 3.63) is 59.7 Å². The molecule has 4 rings (SSSR count). The molecule has 1 unspecified atom stereocenters. The van der Waals surface area contributed by atoms with E-state index < -0.39 is 5.60 Å². The number of hydrogen-bond donors (Lipinski definition) is 1. The van der Waals surface area contributed by atoms with Gasteiger partial charge < -0.3 is 14.5 Å². The molecule has 0 bridgehead atoms. The van der Waals surface area contributed by atoms with Crippen LogP contribution in [-0.2, 0) is 10.4 Å². The third kappa shape index (κ3) is 5.12. The summed E-state index contributed by atoms with van der Waals surface area (Å²) in [4.78, 5) is 15.8. The third-order valence-electron chi connectivity index (χ3n) is 8.40. The summed E-state index contributed by atoms with van der Waals surface area (Å²) in [5, 5.41) is 11.9. The van der Waals surface area contributed by atoms with Gasteiger partial charge in [-0.2, -0.15) is 0 Å². The standard InChI is InChI=1S/C29H43N2O2/c1-28(2)18-10-11-23(21-28)22-31(3,4)26-16-19-30(20-17-26)27(32)29(33,25-14-8-9-15-25)24-12-6-5-7-13-24/h5-7,10-13,18,25-26,33H,8-9,14-17,19-22H2,1-4H3/q+1. The number of likely N-dealkylation sites (N-methyl/N-ethyl adjacent to an activating group) is 1. The predicted molar refractivity (Wildman–Crippen MR) is 134 cm³/mol. The number of amides is 1. The molecule has 1 heterocycles. The molecular formula is C29H43N2O2+. The summed E-state index contributed by atoms with van der Waals surface area (Å²) in [6.45, 7) is 7.13. The topological polar surface area (TPSA) is 40.5 Å². The number of carbonyl (C=O) groups is 1. The van der Waals surface area contributed by atoms with E-state index in [0.29, 0.717) is 6.04 Å². The second kappa shape index (κ2) is 9.38. The van der Waals surface area contributed by atoms with Gasteiger partial charge in [0.15, 0.2) is 5.60 Å². The van der Waals surface area contributed by atoms with Gasteiger partial charge in [0, 0.05) is 31.8 Å². The van der Waals surface area contributed by atoms with Gasteiger partial charge in [-0.3, -0.25) is 4.79 Å². The Bertz CT molecular complexity index is 887. The van der Waals surface area contributed by atoms with Crippen molar-refractivity contribution < 1.29 is 14.4 Å². The fourth-order valence-electron chi connectivity index (χ4n) is 6.49. The molecule has 1 aromatic carbocycles. The minimum absolute atomic E-state index is 0.0204. The average molecular weight is 452 g/mol. The molecule has 0 radical (unpaired) electrons. The first-order chi connectivity index (χ1) is 15.6. The molecule has 2 fully saturated rings. The lowest BCUT2D eigenvalue weighted by atomic mass is 9.78. The number of aliphatic hydroxyl groups is 1. The lowest BCUT2D eigenvalue weighted by molar-refractivity contribution is -0.912. The fraction of sp³-hybridized carbons (Fsp3) is 0.621. The molecule has 1 atom stereocenters. The molecule has 180 valence electrons. The summed E-state index contributed by atoms with van der Waals surface area (Å²) in [5.41, 5.74) is 1.13. The molecule has 1 saturated heterocycles. The maximum Gasteiger partial charge on any atom is 0.259 e. The number of nitrogens with zero attached hydrogens (tertiary/aromatic N) is 2. The van der Waals surface area contributed by atoms with E-state index >= 15 is 0 Å². The largest absolute Gasteiger partial charge is 0.375 e. The number of carbonyl (C=O) groups excluding carboxylic acids is 1. The van der Waals surface area contributed by atoms with Crippen LogP contribution in [0, 0.1) is 11.3 Å². The van der Waals surface area contributed by atoms with Crippen molar-refractivity contribution in [2.75, 3.05) is 33.7 Å². The second-order valence-electron chi connectivity index (χ2n) is 11.9. The summed E-state index contributed by atoms with van der Waals surface area (Å²) < 4.78 is 0.962. The van der Waals surface area contributed by atoms with E-state index in [4.69, 9.17) is 0 Å². The van der Waals surface area contributed by atoms with Gasteiger partial charge in [0.25, 0.3) is 5.91 Å². The number of hydrogen-bond acceptors (Lipinski definition) is 2. The molecule has 1 N–H and O–H groups in total. The Hall–Kier alpha value is -1.91. The Kier molecular flexibility index (Phi) is 6.89. The van der Waals surface area contributed by atoms with Crippen LogP contribution in [0.15, 0.2) is 54.1 Å². The summed E-state index contributed by atoms with van der Waals surface area (Å²) in [6.07, 6.45) is 14.0. The van der Waals surface area contributed by atoms with E-state index in [0.717, 1.165) is 74.6 Å². The maximum atomic E-state index is 13.8. The highest BCUT2D eigenvalue weighted by Crippen LogP contribution is 2.42. The van der Waals surface area contributed by atoms with Gasteiger partial charge in [-0.05, 0) is 35.8 Å². The summed E-state index contributed by atoms with van der Waals surface area (Å²) in [6, 6.07) is 10.2. The van der Waals surface area contributed by atoms with E-state index in [-0.39, 0.29) is 17.2 Å². The highest BCUT2D eigenvalue weighted by Gasteiger charge is 2.49. The van der Waals surface area contributed by atoms with Gasteiger partial charge in [-0.25, -0.2) is 0 Å². The summed E-state index contributed by atoms with van der Waals surface area (Å²) >= 11 is 0. The molecule has 0 aromatic heterocycles. The summed E-state index contributed by atoms with van der Waals surface area (Å²) in [7, 11) is 4.68. The average Bonchev–Trinajstić information content (AvgIpc) is 3.33. The van der Waals surface area contributed by atoms with E-state index in [2.05, 4.69) is 46.2 Å². The molecular weight excluding hydrogens is 408 g/mol. The first kappa shape index (κ1) is 24.2. The van der Waals surface area contributed by atoms with Crippen molar-refractivity contribution in [2.45, 2.75) is 70.4 Å². The van der Waals surface area contributed by atoms with Crippen molar-refractivity contribution in [1.29, 1.82) is 0 Å². The third-order valence-corrected chi connectivity index (χ3v) is 8.40. The van der Waals surface area contributed by atoms with Gasteiger partial charge >= 0.3 is 0 Å². The Labute approximate surface area is 200 Å². The minimum atomic E-state index is -1.39. The fourth-order valence-corrected chi connectivity index (χ4v) is 6.49. The van der Waals surface area contributed by atoms with Crippen LogP contribution in [0.25, 0.3) is 0 Å². The van der Waals surface area contributed by atoms with Gasteiger partial charge in [-0.15, -0.1) is 0 Å². The number of quaternary nitrogens is 1. The Balaban J connectivity index is 1.43. The monoisotopic (exact) mass is 451 g/mol. The van der Waals surface area contributed by atoms with Crippen molar-refractivity contribution in [1.82, 2.24) is 4.90 Å². The number of piperidine rings is 1. The number of rotatable bonds is 6. The van der Waals surface area contributed by atoms with E-state index in [1.165, 1.54) is 5.57 Å². The Morgan fingerprint density at radius 1 is 1.09 bits per heavy atom. The molecule has 1 aromatic rings. The lowest BCUT2D eigenvalue weighted by Gasteiger charge is -2.45. The zero-order valence-electron chi connectivity index (χ0n) is 21.1. The first-order valence-corrected chi connectivity index (χ1v) is 12.9. The molecule has 1 amide bonds. The van der Waals surface area contributed by atoms with E-state index in [1.54, 1.807) is 0 Å². The van der Waals surface area contributed by atoms with Crippen molar-refractivity contribution in [3.63, 3.8) is 0 Å². The smallest absolute Gasteiger partial charge is 0.259 e. The molecule has 1 aliphatic heterocycles. The van der Waals surface area contributed by atoms with Gasteiger partial charge in [0.1, 0.15) is 6.54 Å². The minimum Gasteiger partial charge on any atom is -0.375 e. The molecule has 1 saturated carbocycles. The normalized spacial score (nSPS) is 23.9. The van der Waals surface area contributed by atoms with Crippen LogP contribution in [-0.4, -0.2) is 60.2 Å². The molecule has 33 heavy (non-hydrogen) atoms. The summed E-state index contributed by atoms with van der Waals surface area (Å²) in [5.74, 6) is -0.0572. The molecule has 0 spiro atoms. The van der Waals surface area contributed by atoms with Crippen LogP contribution < -0.4 is 0 Å². The number of benzene rings is 1. The molecule has 4 heteroatoms. The van der Waals surface area contributed by atoms with Crippen molar-refractivity contribution in [2.24, 2.45) is 11.3 Å². The van der Waals surface area contributed by atoms with Crippen LogP contribution in [0.1, 0.15) is 64.4 Å². The Morgan fingerprint density at radius 3 is 2.33 bits per heavy atom. The van der Waals surface area contributed by atoms with Gasteiger partial charge in [-0.1, -0.05) is 75.2 Å². The van der Waals surface area contributed by atoms with Crippen LogP contribution in [0.2, 0.25) is 0 Å². The molecule has 4 nitrogen and oxygen atoms in total. The van der Waals surface area contributed by atoms with Crippen LogP contribution >= 0.6 is 0 Å². The van der Waals surface area contributed by atoms with Crippen molar-refractivity contribution >= 4 is 5.91 Å².